The maximum Gasteiger partial charge on any atom is 0.325 e. The largest absolute Gasteiger partial charge is 0.465 e. The number of benzene rings is 3. The maximum atomic E-state index is 12.7. The van der Waals surface area contributed by atoms with Crippen molar-refractivity contribution in [2.45, 2.75) is 31.5 Å². The molecule has 2 atom stereocenters. The molecular weight excluding hydrogens is 362 g/mol. The summed E-state index contributed by atoms with van der Waals surface area (Å²) in [6.07, 6.45) is -0.940. The lowest BCUT2D eigenvalue weighted by Crippen LogP contribution is -2.56. The third-order valence-corrected chi connectivity index (χ3v) is 5.02. The molecule has 2 N–H and O–H groups in total. The molecule has 3 aromatic carbocycles. The van der Waals surface area contributed by atoms with E-state index in [1.807, 2.05) is 91.0 Å². The monoisotopic (exact) mass is 389 g/mol. The molecule has 0 aliphatic rings. The Hall–Kier alpha value is -2.95. The molecule has 3 rings (SSSR count). The fraction of sp³-hybridized carbons (Fsp3) is 0.240. The van der Waals surface area contributed by atoms with Crippen molar-refractivity contribution in [1.82, 2.24) is 5.32 Å². The Balaban J connectivity index is 2.26. The van der Waals surface area contributed by atoms with Gasteiger partial charge in [0, 0.05) is 0 Å². The first-order valence-electron chi connectivity index (χ1n) is 9.88. The summed E-state index contributed by atoms with van der Waals surface area (Å²) in [5.74, 6) is -0.477. The number of ether oxygens (including phenoxy) is 1. The van der Waals surface area contributed by atoms with Crippen LogP contribution in [0.5, 0.6) is 0 Å². The molecule has 0 fully saturated rings. The zero-order valence-electron chi connectivity index (χ0n) is 16.8. The lowest BCUT2D eigenvalue weighted by molar-refractivity contribution is -0.149. The normalized spacial score (nSPS) is 13.5. The maximum absolute atomic E-state index is 12.7. The Labute approximate surface area is 172 Å². The summed E-state index contributed by atoms with van der Waals surface area (Å²) < 4.78 is 5.26. The second kappa shape index (κ2) is 9.50. The molecule has 0 unspecified atom stereocenters. The van der Waals surface area contributed by atoms with Gasteiger partial charge in [-0.05, 0) is 30.5 Å². The molecule has 0 spiro atoms. The van der Waals surface area contributed by atoms with Crippen LogP contribution in [0.3, 0.4) is 0 Å². The van der Waals surface area contributed by atoms with Crippen LogP contribution in [0, 0.1) is 0 Å². The zero-order chi connectivity index (χ0) is 20.7. The summed E-state index contributed by atoms with van der Waals surface area (Å²) in [4.78, 5) is 12.7. The molecule has 0 bridgehead atoms. The molecular formula is C25H27NO3. The van der Waals surface area contributed by atoms with E-state index in [2.05, 4.69) is 5.32 Å². The summed E-state index contributed by atoms with van der Waals surface area (Å²) in [5, 5.41) is 13.9. The van der Waals surface area contributed by atoms with E-state index in [1.54, 1.807) is 13.8 Å². The number of hydrogen-bond acceptors (Lipinski definition) is 4. The van der Waals surface area contributed by atoms with Gasteiger partial charge in [0.05, 0.1) is 18.2 Å². The average molecular weight is 389 g/mol. The van der Waals surface area contributed by atoms with E-state index in [1.165, 1.54) is 0 Å². The van der Waals surface area contributed by atoms with Crippen LogP contribution >= 0.6 is 0 Å². The predicted molar refractivity (Wildman–Crippen MR) is 114 cm³/mol. The molecule has 0 saturated heterocycles. The van der Waals surface area contributed by atoms with Crippen LogP contribution in [0.4, 0.5) is 0 Å². The third-order valence-electron chi connectivity index (χ3n) is 5.02. The van der Waals surface area contributed by atoms with E-state index in [0.29, 0.717) is 0 Å². The summed E-state index contributed by atoms with van der Waals surface area (Å²) >= 11 is 0. The lowest BCUT2D eigenvalue weighted by Gasteiger charge is -2.40. The number of aliphatic hydroxyl groups excluding tert-OH is 1. The summed E-state index contributed by atoms with van der Waals surface area (Å²) in [5.41, 5.74) is 2.05. The van der Waals surface area contributed by atoms with Gasteiger partial charge in [0.15, 0.2) is 0 Å². The fourth-order valence-corrected chi connectivity index (χ4v) is 3.66. The van der Waals surface area contributed by atoms with Gasteiger partial charge in [-0.25, -0.2) is 0 Å². The van der Waals surface area contributed by atoms with E-state index in [9.17, 15) is 9.90 Å². The summed E-state index contributed by atoms with van der Waals surface area (Å²) in [6, 6.07) is 29.0. The van der Waals surface area contributed by atoms with Crippen LogP contribution in [-0.4, -0.2) is 29.8 Å². The highest BCUT2D eigenvalue weighted by Gasteiger charge is 2.41. The van der Waals surface area contributed by atoms with E-state index >= 15 is 0 Å². The highest BCUT2D eigenvalue weighted by molar-refractivity contribution is 5.77. The topological polar surface area (TPSA) is 58.6 Å². The lowest BCUT2D eigenvalue weighted by atomic mass is 9.76. The van der Waals surface area contributed by atoms with Crippen molar-refractivity contribution in [3.63, 3.8) is 0 Å². The minimum atomic E-state index is -0.940. The Morgan fingerprint density at radius 1 is 0.862 bits per heavy atom. The first-order chi connectivity index (χ1) is 14.1. The van der Waals surface area contributed by atoms with Crippen molar-refractivity contribution >= 4 is 5.97 Å². The number of aliphatic hydroxyl groups is 1. The van der Waals surface area contributed by atoms with Gasteiger partial charge in [0.25, 0.3) is 0 Å². The molecule has 4 heteroatoms. The molecule has 0 amide bonds. The standard InChI is InChI=1S/C25H27NO3/c1-3-29-24(28)23(19(2)27)26-25(20-13-7-4-8-14-20,21-15-9-5-10-16-21)22-17-11-6-12-18-22/h4-19,23,26-27H,3H2,1-2H3/t19-,23+/m1/s1. The van der Waals surface area contributed by atoms with Crippen LogP contribution in [0.25, 0.3) is 0 Å². The molecule has 0 aliphatic heterocycles. The minimum Gasteiger partial charge on any atom is -0.465 e. The molecule has 150 valence electrons. The quantitative estimate of drug-likeness (QED) is 0.453. The first-order valence-corrected chi connectivity index (χ1v) is 9.88. The van der Waals surface area contributed by atoms with Crippen molar-refractivity contribution in [2.75, 3.05) is 6.61 Å². The van der Waals surface area contributed by atoms with Gasteiger partial charge < -0.3 is 9.84 Å². The highest BCUT2D eigenvalue weighted by atomic mass is 16.5. The van der Waals surface area contributed by atoms with Crippen molar-refractivity contribution < 1.29 is 14.6 Å². The second-order valence-electron chi connectivity index (χ2n) is 6.96. The number of esters is 1. The van der Waals surface area contributed by atoms with Gasteiger partial charge in [-0.2, -0.15) is 0 Å². The van der Waals surface area contributed by atoms with Gasteiger partial charge in [-0.15, -0.1) is 0 Å². The fourth-order valence-electron chi connectivity index (χ4n) is 3.66. The van der Waals surface area contributed by atoms with Crippen molar-refractivity contribution in [3.05, 3.63) is 108 Å². The van der Waals surface area contributed by atoms with Gasteiger partial charge in [-0.1, -0.05) is 91.0 Å². The van der Waals surface area contributed by atoms with Gasteiger partial charge in [0.1, 0.15) is 6.04 Å². The smallest absolute Gasteiger partial charge is 0.325 e. The molecule has 0 radical (unpaired) electrons. The van der Waals surface area contributed by atoms with Crippen LogP contribution < -0.4 is 5.32 Å². The van der Waals surface area contributed by atoms with Gasteiger partial charge >= 0.3 is 5.97 Å². The summed E-state index contributed by atoms with van der Waals surface area (Å²) in [7, 11) is 0. The van der Waals surface area contributed by atoms with Crippen LogP contribution in [0.2, 0.25) is 0 Å². The third kappa shape index (κ3) is 4.39. The number of hydrogen-bond donors (Lipinski definition) is 2. The van der Waals surface area contributed by atoms with Crippen molar-refractivity contribution in [2.24, 2.45) is 0 Å². The Morgan fingerprint density at radius 3 is 1.55 bits per heavy atom. The van der Waals surface area contributed by atoms with Crippen LogP contribution in [0.1, 0.15) is 30.5 Å². The number of rotatable bonds is 8. The predicted octanol–water partition coefficient (Wildman–Crippen LogP) is 3.88. The average Bonchev–Trinajstić information content (AvgIpc) is 2.76. The molecule has 0 aromatic heterocycles. The van der Waals surface area contributed by atoms with E-state index < -0.39 is 23.7 Å². The van der Waals surface area contributed by atoms with E-state index in [0.717, 1.165) is 16.7 Å². The molecule has 3 aromatic rings. The molecule has 0 heterocycles. The first kappa shape index (κ1) is 20.8. The highest BCUT2D eigenvalue weighted by Crippen LogP contribution is 2.37. The second-order valence-corrected chi connectivity index (χ2v) is 6.96. The zero-order valence-corrected chi connectivity index (χ0v) is 16.8. The van der Waals surface area contributed by atoms with E-state index in [-0.39, 0.29) is 6.61 Å². The van der Waals surface area contributed by atoms with Crippen molar-refractivity contribution in [1.29, 1.82) is 0 Å². The Morgan fingerprint density at radius 2 is 1.24 bits per heavy atom. The van der Waals surface area contributed by atoms with Gasteiger partial charge in [0.2, 0.25) is 0 Å². The molecule has 0 saturated carbocycles. The van der Waals surface area contributed by atoms with Gasteiger partial charge in [-0.3, -0.25) is 10.1 Å². The number of nitrogens with one attached hydrogen (secondary N) is 1. The van der Waals surface area contributed by atoms with E-state index in [4.69, 9.17) is 4.74 Å². The minimum absolute atomic E-state index is 0.249. The SMILES string of the molecule is CCOC(=O)[C@@H](NC(c1ccccc1)(c1ccccc1)c1ccccc1)[C@@H](C)O. The Kier molecular flexibility index (Phi) is 6.81. The number of carbonyl (C=O) groups is 1. The van der Waals surface area contributed by atoms with Crippen LogP contribution in [0.15, 0.2) is 91.0 Å². The summed E-state index contributed by atoms with van der Waals surface area (Å²) in [6.45, 7) is 3.61. The van der Waals surface area contributed by atoms with Crippen molar-refractivity contribution in [3.8, 4) is 0 Å². The van der Waals surface area contributed by atoms with Crippen LogP contribution in [-0.2, 0) is 15.1 Å². The Bertz CT molecular complexity index is 798. The molecule has 0 aliphatic carbocycles. The molecule has 4 nitrogen and oxygen atoms in total. The molecule has 29 heavy (non-hydrogen) atoms. The number of carbonyl (C=O) groups excluding carboxylic acids is 1.